The third-order valence-corrected chi connectivity index (χ3v) is 4.87. The second-order valence-electron chi connectivity index (χ2n) is 6.29. The van der Waals surface area contributed by atoms with Crippen LogP contribution in [0.4, 0.5) is 4.39 Å². The highest BCUT2D eigenvalue weighted by atomic mass is 32.1. The Morgan fingerprint density at radius 2 is 2.00 bits per heavy atom. The van der Waals surface area contributed by atoms with Crippen LogP contribution in [0, 0.1) is 17.7 Å². The normalized spacial score (nSPS) is 23.9. The summed E-state index contributed by atoms with van der Waals surface area (Å²) >= 11 is 5.22. The van der Waals surface area contributed by atoms with Crippen LogP contribution in [0.3, 0.4) is 0 Å². The van der Waals surface area contributed by atoms with Gasteiger partial charge in [-0.15, -0.1) is 0 Å². The van der Waals surface area contributed by atoms with Gasteiger partial charge in [0, 0.05) is 6.04 Å². The summed E-state index contributed by atoms with van der Waals surface area (Å²) in [5.41, 5.74) is 5.58. The molecule has 0 radical (unpaired) electrons. The average Bonchev–Trinajstić information content (AvgIpc) is 2.52. The number of hydrogen-bond donors (Lipinski definition) is 3. The quantitative estimate of drug-likeness (QED) is 0.586. The molecule has 1 aromatic rings. The first-order chi connectivity index (χ1) is 11.0. The molecule has 0 aliphatic heterocycles. The highest BCUT2D eigenvalue weighted by Crippen LogP contribution is 2.29. The largest absolute Gasteiger partial charge is 0.358 e. The lowest BCUT2D eigenvalue weighted by Gasteiger charge is -2.35. The van der Waals surface area contributed by atoms with Crippen molar-refractivity contribution in [1.29, 1.82) is 0 Å². The molecule has 1 aliphatic rings. The van der Waals surface area contributed by atoms with Crippen LogP contribution < -0.4 is 16.2 Å². The number of carbonyl (C=O) groups excluding carboxylic acids is 1. The van der Waals surface area contributed by atoms with Crippen LogP contribution in [0.25, 0.3) is 0 Å². The number of rotatable bonds is 3. The van der Waals surface area contributed by atoms with Crippen molar-refractivity contribution in [2.24, 2.45) is 11.8 Å². The van der Waals surface area contributed by atoms with Crippen LogP contribution in [0.1, 0.15) is 38.7 Å². The van der Waals surface area contributed by atoms with E-state index < -0.39 is 0 Å². The number of benzene rings is 1. The van der Waals surface area contributed by atoms with Gasteiger partial charge in [0.05, 0.1) is 6.42 Å². The summed E-state index contributed by atoms with van der Waals surface area (Å²) < 4.78 is 13.5. The fraction of sp³-hybridized carbons (Fsp3) is 0.529. The molecule has 23 heavy (non-hydrogen) atoms. The molecule has 4 nitrogen and oxygen atoms in total. The Kier molecular flexibility index (Phi) is 6.33. The van der Waals surface area contributed by atoms with Gasteiger partial charge in [0.25, 0.3) is 0 Å². The SMILES string of the molecule is C[C@@H]1[C@H](C)CCC[C@H]1NC(=S)NNC(=O)Cc1ccccc1F. The van der Waals surface area contributed by atoms with Gasteiger partial charge in [0.2, 0.25) is 5.91 Å². The zero-order chi connectivity index (χ0) is 16.8. The lowest BCUT2D eigenvalue weighted by atomic mass is 9.78. The Morgan fingerprint density at radius 3 is 2.74 bits per heavy atom. The number of carbonyl (C=O) groups is 1. The Morgan fingerprint density at radius 1 is 1.26 bits per heavy atom. The zero-order valence-electron chi connectivity index (χ0n) is 13.6. The molecule has 0 spiro atoms. The number of amides is 1. The smallest absolute Gasteiger partial charge is 0.242 e. The molecule has 0 saturated heterocycles. The maximum Gasteiger partial charge on any atom is 0.242 e. The number of hydrogen-bond acceptors (Lipinski definition) is 2. The van der Waals surface area contributed by atoms with E-state index in [4.69, 9.17) is 12.2 Å². The monoisotopic (exact) mass is 337 g/mol. The highest BCUT2D eigenvalue weighted by Gasteiger charge is 2.27. The van der Waals surface area contributed by atoms with Crippen molar-refractivity contribution >= 4 is 23.2 Å². The molecule has 3 N–H and O–H groups in total. The lowest BCUT2D eigenvalue weighted by molar-refractivity contribution is -0.121. The maximum absolute atomic E-state index is 13.5. The third-order valence-electron chi connectivity index (χ3n) is 4.65. The average molecular weight is 337 g/mol. The van der Waals surface area contributed by atoms with Gasteiger partial charge in [-0.25, -0.2) is 4.39 Å². The van der Waals surface area contributed by atoms with E-state index in [0.29, 0.717) is 28.6 Å². The molecule has 3 atom stereocenters. The van der Waals surface area contributed by atoms with E-state index in [0.717, 1.165) is 6.42 Å². The molecule has 1 fully saturated rings. The van der Waals surface area contributed by atoms with Gasteiger partial charge in [-0.3, -0.25) is 15.6 Å². The molecule has 0 aromatic heterocycles. The number of nitrogens with one attached hydrogen (secondary N) is 3. The van der Waals surface area contributed by atoms with Gasteiger partial charge in [-0.05, 0) is 42.1 Å². The third kappa shape index (κ3) is 5.16. The van der Waals surface area contributed by atoms with Crippen LogP contribution in [0.2, 0.25) is 0 Å². The van der Waals surface area contributed by atoms with Crippen LogP contribution in [-0.2, 0) is 11.2 Å². The Labute approximate surface area is 142 Å². The Bertz CT molecular complexity index is 567. The zero-order valence-corrected chi connectivity index (χ0v) is 14.4. The predicted molar refractivity (Wildman–Crippen MR) is 93.1 cm³/mol. The van der Waals surface area contributed by atoms with Gasteiger partial charge in [-0.1, -0.05) is 44.9 Å². The summed E-state index contributed by atoms with van der Waals surface area (Å²) in [6.07, 6.45) is 3.49. The predicted octanol–water partition coefficient (Wildman–Crippen LogP) is 2.69. The van der Waals surface area contributed by atoms with Crippen molar-refractivity contribution in [1.82, 2.24) is 16.2 Å². The topological polar surface area (TPSA) is 53.2 Å². The molecule has 126 valence electrons. The molecule has 0 heterocycles. The summed E-state index contributed by atoms with van der Waals surface area (Å²) in [6, 6.07) is 6.56. The Balaban J connectivity index is 1.76. The van der Waals surface area contributed by atoms with E-state index in [9.17, 15) is 9.18 Å². The molecule has 0 unspecified atom stereocenters. The number of halogens is 1. The first kappa shape index (κ1) is 17.7. The molecular formula is C17H24FN3OS. The van der Waals surface area contributed by atoms with Crippen molar-refractivity contribution in [2.45, 2.75) is 45.6 Å². The molecule has 1 aromatic carbocycles. The van der Waals surface area contributed by atoms with E-state index in [1.807, 2.05) is 0 Å². The fourth-order valence-electron chi connectivity index (χ4n) is 2.98. The van der Waals surface area contributed by atoms with Gasteiger partial charge in [0.1, 0.15) is 5.82 Å². The number of hydrazine groups is 1. The van der Waals surface area contributed by atoms with Gasteiger partial charge >= 0.3 is 0 Å². The second kappa shape index (κ2) is 8.24. The summed E-state index contributed by atoms with van der Waals surface area (Å²) in [5.74, 6) is 0.495. The first-order valence-corrected chi connectivity index (χ1v) is 8.47. The van der Waals surface area contributed by atoms with Crippen molar-refractivity contribution in [3.8, 4) is 0 Å². The minimum Gasteiger partial charge on any atom is -0.358 e. The maximum atomic E-state index is 13.5. The fourth-order valence-corrected chi connectivity index (χ4v) is 3.18. The van der Waals surface area contributed by atoms with Crippen molar-refractivity contribution in [2.75, 3.05) is 0 Å². The molecule has 2 rings (SSSR count). The molecular weight excluding hydrogens is 313 g/mol. The van der Waals surface area contributed by atoms with Crippen LogP contribution >= 0.6 is 12.2 Å². The van der Waals surface area contributed by atoms with E-state index in [1.54, 1.807) is 18.2 Å². The van der Waals surface area contributed by atoms with Gasteiger partial charge < -0.3 is 5.32 Å². The first-order valence-electron chi connectivity index (χ1n) is 8.06. The van der Waals surface area contributed by atoms with Gasteiger partial charge in [-0.2, -0.15) is 0 Å². The second-order valence-corrected chi connectivity index (χ2v) is 6.70. The standard InChI is InChI=1S/C17H24FN3OS/c1-11-6-5-9-15(12(11)2)19-17(23)21-20-16(22)10-13-7-3-4-8-14(13)18/h3-4,7-8,11-12,15H,5-6,9-10H2,1-2H3,(H,20,22)(H2,19,21,23)/t11-,12-,15-/m1/s1. The minimum absolute atomic E-state index is 0.0286. The molecule has 0 bridgehead atoms. The van der Waals surface area contributed by atoms with E-state index in [2.05, 4.69) is 30.0 Å². The van der Waals surface area contributed by atoms with E-state index in [1.165, 1.54) is 18.9 Å². The number of thiocarbonyl (C=S) groups is 1. The Hall–Kier alpha value is -1.69. The summed E-state index contributed by atoms with van der Waals surface area (Å²) in [6.45, 7) is 4.48. The van der Waals surface area contributed by atoms with Crippen LogP contribution in [0.5, 0.6) is 0 Å². The van der Waals surface area contributed by atoms with E-state index in [-0.39, 0.29) is 18.1 Å². The summed E-state index contributed by atoms with van der Waals surface area (Å²) in [7, 11) is 0. The van der Waals surface area contributed by atoms with E-state index >= 15 is 0 Å². The van der Waals surface area contributed by atoms with Crippen molar-refractivity contribution in [3.63, 3.8) is 0 Å². The highest BCUT2D eigenvalue weighted by molar-refractivity contribution is 7.80. The van der Waals surface area contributed by atoms with Crippen LogP contribution in [0.15, 0.2) is 24.3 Å². The molecule has 6 heteroatoms. The minimum atomic E-state index is -0.381. The molecule has 1 aliphatic carbocycles. The molecule has 1 saturated carbocycles. The van der Waals surface area contributed by atoms with Gasteiger partial charge in [0.15, 0.2) is 5.11 Å². The van der Waals surface area contributed by atoms with Crippen molar-refractivity contribution < 1.29 is 9.18 Å². The molecule has 1 amide bonds. The lowest BCUT2D eigenvalue weighted by Crippen LogP contribution is -2.52. The van der Waals surface area contributed by atoms with Crippen molar-refractivity contribution in [3.05, 3.63) is 35.6 Å². The summed E-state index contributed by atoms with van der Waals surface area (Å²) in [4.78, 5) is 11.9. The summed E-state index contributed by atoms with van der Waals surface area (Å²) in [5, 5.41) is 3.66. The van der Waals surface area contributed by atoms with Crippen LogP contribution in [-0.4, -0.2) is 17.1 Å².